The van der Waals surface area contributed by atoms with Crippen molar-refractivity contribution in [3.05, 3.63) is 66.4 Å². The van der Waals surface area contributed by atoms with Crippen LogP contribution in [-0.4, -0.2) is 27.6 Å². The highest BCUT2D eigenvalue weighted by Crippen LogP contribution is 2.30. The van der Waals surface area contributed by atoms with Crippen LogP contribution in [0.1, 0.15) is 5.56 Å². The number of nitrogens with one attached hydrogen (secondary N) is 2. The van der Waals surface area contributed by atoms with E-state index in [2.05, 4.69) is 15.0 Å². The number of aryl methyl sites for hydroxylation is 1. The second-order valence-corrected chi connectivity index (χ2v) is 7.73. The van der Waals surface area contributed by atoms with Gasteiger partial charge in [-0.1, -0.05) is 12.1 Å². The molecule has 146 valence electrons. The summed E-state index contributed by atoms with van der Waals surface area (Å²) in [5.74, 6) is 1.40. The normalized spacial score (nSPS) is 11.0. The molecule has 0 saturated heterocycles. The number of sulfonamides is 1. The first-order chi connectivity index (χ1) is 13.4. The fraction of sp³-hybridized carbons (Fsp3) is 0.150. The van der Waals surface area contributed by atoms with Gasteiger partial charge < -0.3 is 14.8 Å². The van der Waals surface area contributed by atoms with Gasteiger partial charge >= 0.3 is 0 Å². The van der Waals surface area contributed by atoms with Gasteiger partial charge in [-0.15, -0.1) is 0 Å². The molecule has 1 aromatic heterocycles. The smallest absolute Gasteiger partial charge is 0.262 e. The lowest BCUT2D eigenvalue weighted by molar-refractivity contribution is 0.354. The predicted molar refractivity (Wildman–Crippen MR) is 109 cm³/mol. The Kier molecular flexibility index (Phi) is 5.70. The lowest BCUT2D eigenvalue weighted by atomic mass is 10.2. The quantitative estimate of drug-likeness (QED) is 0.625. The molecule has 3 rings (SSSR count). The van der Waals surface area contributed by atoms with Gasteiger partial charge in [-0.3, -0.25) is 4.72 Å². The van der Waals surface area contributed by atoms with Gasteiger partial charge in [0, 0.05) is 11.8 Å². The summed E-state index contributed by atoms with van der Waals surface area (Å²) in [4.78, 5) is 4.32. The van der Waals surface area contributed by atoms with Crippen LogP contribution in [0.15, 0.2) is 65.7 Å². The monoisotopic (exact) mass is 399 g/mol. The van der Waals surface area contributed by atoms with Crippen LogP contribution in [0.25, 0.3) is 0 Å². The molecular weight excluding hydrogens is 378 g/mol. The molecule has 8 heteroatoms. The molecule has 0 aliphatic rings. The van der Waals surface area contributed by atoms with Gasteiger partial charge in [0.2, 0.25) is 0 Å². The maximum absolute atomic E-state index is 12.6. The van der Waals surface area contributed by atoms with Gasteiger partial charge in [-0.25, -0.2) is 13.4 Å². The number of anilines is 3. The van der Waals surface area contributed by atoms with Gasteiger partial charge in [0.25, 0.3) is 10.0 Å². The van der Waals surface area contributed by atoms with E-state index in [1.165, 1.54) is 32.5 Å². The van der Waals surface area contributed by atoms with E-state index in [1.807, 2.05) is 31.2 Å². The van der Waals surface area contributed by atoms with E-state index >= 15 is 0 Å². The first kappa shape index (κ1) is 19.5. The first-order valence-corrected chi connectivity index (χ1v) is 9.94. The molecule has 0 aliphatic heterocycles. The van der Waals surface area contributed by atoms with Crippen molar-refractivity contribution >= 4 is 27.2 Å². The number of pyridine rings is 1. The van der Waals surface area contributed by atoms with Crippen LogP contribution in [0, 0.1) is 6.92 Å². The Balaban J connectivity index is 1.75. The third-order valence-corrected chi connectivity index (χ3v) is 5.35. The minimum Gasteiger partial charge on any atom is -0.493 e. The molecule has 0 aliphatic carbocycles. The Morgan fingerprint density at radius 1 is 0.893 bits per heavy atom. The van der Waals surface area contributed by atoms with Crippen LogP contribution in [0.2, 0.25) is 0 Å². The Hall–Kier alpha value is -3.26. The third-order valence-electron chi connectivity index (χ3n) is 3.97. The van der Waals surface area contributed by atoms with E-state index in [1.54, 1.807) is 18.2 Å². The molecular formula is C20H21N3O4S. The van der Waals surface area contributed by atoms with Gasteiger partial charge in [0.05, 0.1) is 31.0 Å². The van der Waals surface area contributed by atoms with Crippen molar-refractivity contribution in [3.63, 3.8) is 0 Å². The van der Waals surface area contributed by atoms with Crippen molar-refractivity contribution in [3.8, 4) is 11.5 Å². The van der Waals surface area contributed by atoms with Crippen molar-refractivity contribution in [1.82, 2.24) is 4.98 Å². The fourth-order valence-electron chi connectivity index (χ4n) is 2.60. The zero-order chi connectivity index (χ0) is 20.1. The van der Waals surface area contributed by atoms with Crippen LogP contribution in [-0.2, 0) is 10.0 Å². The second-order valence-electron chi connectivity index (χ2n) is 6.05. The second kappa shape index (κ2) is 8.18. The van der Waals surface area contributed by atoms with Crippen molar-refractivity contribution < 1.29 is 17.9 Å². The van der Waals surface area contributed by atoms with Crippen molar-refractivity contribution in [2.75, 3.05) is 24.3 Å². The Morgan fingerprint density at radius 2 is 1.68 bits per heavy atom. The van der Waals surface area contributed by atoms with Crippen molar-refractivity contribution in [1.29, 1.82) is 0 Å². The highest BCUT2D eigenvalue weighted by Gasteiger charge is 2.17. The van der Waals surface area contributed by atoms with Gasteiger partial charge in [-0.05, 0) is 48.9 Å². The largest absolute Gasteiger partial charge is 0.493 e. The molecule has 0 radical (unpaired) electrons. The molecule has 0 saturated carbocycles. The summed E-state index contributed by atoms with van der Waals surface area (Å²) in [5.41, 5.74) is 2.39. The molecule has 0 bridgehead atoms. The number of benzene rings is 2. The van der Waals surface area contributed by atoms with Gasteiger partial charge in [-0.2, -0.15) is 0 Å². The number of rotatable bonds is 7. The minimum absolute atomic E-state index is 0.0621. The van der Waals surface area contributed by atoms with Gasteiger partial charge in [0.1, 0.15) is 5.82 Å². The Morgan fingerprint density at radius 3 is 2.32 bits per heavy atom. The SMILES string of the molecule is COc1ccc(S(=O)(=O)Nc2ccc(Nc3cccc(C)c3)nc2)cc1OC. The lowest BCUT2D eigenvalue weighted by Crippen LogP contribution is -2.13. The summed E-state index contributed by atoms with van der Waals surface area (Å²) in [6, 6.07) is 15.6. The highest BCUT2D eigenvalue weighted by atomic mass is 32.2. The average Bonchev–Trinajstić information content (AvgIpc) is 2.68. The zero-order valence-corrected chi connectivity index (χ0v) is 16.6. The van der Waals surface area contributed by atoms with E-state index in [0.717, 1.165) is 11.3 Å². The molecule has 2 aromatic carbocycles. The van der Waals surface area contributed by atoms with Crippen LogP contribution in [0.5, 0.6) is 11.5 Å². The van der Waals surface area contributed by atoms with Crippen molar-refractivity contribution in [2.45, 2.75) is 11.8 Å². The number of hydrogen-bond donors (Lipinski definition) is 2. The molecule has 28 heavy (non-hydrogen) atoms. The summed E-state index contributed by atoms with van der Waals surface area (Å²) >= 11 is 0. The maximum Gasteiger partial charge on any atom is 0.262 e. The predicted octanol–water partition coefficient (Wildman–Crippen LogP) is 3.95. The fourth-order valence-corrected chi connectivity index (χ4v) is 3.65. The highest BCUT2D eigenvalue weighted by molar-refractivity contribution is 7.92. The Bertz CT molecular complexity index is 1070. The third kappa shape index (κ3) is 4.52. The van der Waals surface area contributed by atoms with E-state index in [4.69, 9.17) is 9.47 Å². The lowest BCUT2D eigenvalue weighted by Gasteiger charge is -2.12. The molecule has 2 N–H and O–H groups in total. The number of hydrogen-bond acceptors (Lipinski definition) is 6. The van der Waals surface area contributed by atoms with Crippen LogP contribution < -0.4 is 19.5 Å². The van der Waals surface area contributed by atoms with E-state index < -0.39 is 10.0 Å². The van der Waals surface area contributed by atoms with Crippen LogP contribution in [0.4, 0.5) is 17.2 Å². The molecule has 0 atom stereocenters. The molecule has 0 amide bonds. The van der Waals surface area contributed by atoms with Crippen molar-refractivity contribution in [2.24, 2.45) is 0 Å². The molecule has 1 heterocycles. The summed E-state index contributed by atoms with van der Waals surface area (Å²) in [5, 5.41) is 3.18. The summed E-state index contributed by atoms with van der Waals surface area (Å²) in [6.45, 7) is 2.00. The number of methoxy groups -OCH3 is 2. The number of ether oxygens (including phenoxy) is 2. The summed E-state index contributed by atoms with van der Waals surface area (Å²) < 4.78 is 38.1. The maximum atomic E-state index is 12.6. The topological polar surface area (TPSA) is 89.6 Å². The Labute approximate surface area is 164 Å². The first-order valence-electron chi connectivity index (χ1n) is 8.46. The van der Waals surface area contributed by atoms with E-state index in [0.29, 0.717) is 23.0 Å². The van der Waals surface area contributed by atoms with E-state index in [-0.39, 0.29) is 4.90 Å². The van der Waals surface area contributed by atoms with Crippen LogP contribution >= 0.6 is 0 Å². The molecule has 0 spiro atoms. The summed E-state index contributed by atoms with van der Waals surface area (Å²) in [7, 11) is -0.856. The zero-order valence-electron chi connectivity index (χ0n) is 15.8. The molecule has 0 fully saturated rings. The molecule has 3 aromatic rings. The van der Waals surface area contributed by atoms with Crippen LogP contribution in [0.3, 0.4) is 0 Å². The summed E-state index contributed by atoms with van der Waals surface area (Å²) in [6.07, 6.45) is 1.45. The van der Waals surface area contributed by atoms with Gasteiger partial charge in [0.15, 0.2) is 11.5 Å². The standard InChI is InChI=1S/C20H21N3O4S/c1-14-5-4-6-15(11-14)22-20-10-7-16(13-21-20)23-28(24,25)17-8-9-18(26-2)19(12-17)27-3/h4-13,23H,1-3H3,(H,21,22). The van der Waals surface area contributed by atoms with E-state index in [9.17, 15) is 8.42 Å². The molecule has 0 unspecified atom stereocenters. The number of aromatic nitrogens is 1. The average molecular weight is 399 g/mol. The molecule has 7 nitrogen and oxygen atoms in total. The number of nitrogens with zero attached hydrogens (tertiary/aromatic N) is 1. The minimum atomic E-state index is -3.79.